The fourth-order valence-corrected chi connectivity index (χ4v) is 2.43. The van der Waals surface area contributed by atoms with Crippen molar-refractivity contribution in [2.24, 2.45) is 0 Å². The van der Waals surface area contributed by atoms with Gasteiger partial charge in [-0.1, -0.05) is 29.8 Å². The minimum Gasteiger partial charge on any atom is -0.487 e. The number of aryl methyl sites for hydroxylation is 1. The normalized spacial score (nSPS) is 11.1. The smallest absolute Gasteiger partial charge is 0.132 e. The maximum Gasteiger partial charge on any atom is 0.132 e. The first-order chi connectivity index (χ1) is 9.63. The van der Waals surface area contributed by atoms with Gasteiger partial charge in [-0.2, -0.15) is 5.10 Å². The lowest BCUT2D eigenvalue weighted by atomic mass is 10.2. The first kappa shape index (κ1) is 15.1. The summed E-state index contributed by atoms with van der Waals surface area (Å²) in [6, 6.07) is 8.52. The van der Waals surface area contributed by atoms with Crippen LogP contribution in [-0.2, 0) is 6.61 Å². The monoisotopic (exact) mass is 336 g/mol. The van der Waals surface area contributed by atoms with Crippen LogP contribution in [0.25, 0.3) is 0 Å². The van der Waals surface area contributed by atoms with Gasteiger partial charge in [0.25, 0.3) is 0 Å². The van der Waals surface area contributed by atoms with Crippen LogP contribution in [-0.4, -0.2) is 9.78 Å². The van der Waals surface area contributed by atoms with Crippen molar-refractivity contribution in [2.45, 2.75) is 46.3 Å². The highest BCUT2D eigenvalue weighted by atomic mass is 79.9. The van der Waals surface area contributed by atoms with Crippen molar-refractivity contribution in [1.29, 1.82) is 0 Å². The van der Waals surface area contributed by atoms with Crippen LogP contribution >= 0.6 is 15.9 Å². The van der Waals surface area contributed by atoms with E-state index >= 15 is 0 Å². The lowest BCUT2D eigenvalue weighted by molar-refractivity contribution is 0.297. The molecule has 108 valence electrons. The summed E-state index contributed by atoms with van der Waals surface area (Å²) in [5, 5.41) is 4.59. The number of nitrogens with zero attached hydrogens (tertiary/aromatic N) is 2. The highest BCUT2D eigenvalue weighted by Crippen LogP contribution is 2.22. The highest BCUT2D eigenvalue weighted by Gasteiger charge is 2.08. The highest BCUT2D eigenvalue weighted by molar-refractivity contribution is 9.10. The second kappa shape index (κ2) is 6.93. The Balaban J connectivity index is 1.98. The van der Waals surface area contributed by atoms with Crippen LogP contribution in [0.2, 0.25) is 0 Å². The number of hydrogen-bond donors (Lipinski definition) is 0. The molecule has 0 atom stereocenters. The van der Waals surface area contributed by atoms with Gasteiger partial charge in [-0.05, 0) is 49.6 Å². The lowest BCUT2D eigenvalue weighted by Gasteiger charge is -2.12. The maximum absolute atomic E-state index is 5.79. The van der Waals surface area contributed by atoms with Crippen LogP contribution in [0.3, 0.4) is 0 Å². The van der Waals surface area contributed by atoms with E-state index < -0.39 is 0 Å². The Hall–Kier alpha value is -1.29. The van der Waals surface area contributed by atoms with Gasteiger partial charge in [0.05, 0.1) is 11.7 Å². The summed E-state index contributed by atoms with van der Waals surface area (Å²) < 4.78 is 8.94. The van der Waals surface area contributed by atoms with Crippen LogP contribution in [0.5, 0.6) is 5.75 Å². The van der Waals surface area contributed by atoms with E-state index in [1.54, 1.807) is 0 Å². The molecule has 0 amide bonds. The molecule has 1 aromatic carbocycles. The molecule has 0 radical (unpaired) electrons. The zero-order valence-electron chi connectivity index (χ0n) is 12.3. The molecular formula is C16H21BrN2O. The molecule has 2 rings (SSSR count). The van der Waals surface area contributed by atoms with E-state index in [0.29, 0.717) is 12.6 Å². The Morgan fingerprint density at radius 1 is 1.25 bits per heavy atom. The minimum absolute atomic E-state index is 0.485. The van der Waals surface area contributed by atoms with Crippen LogP contribution in [0.1, 0.15) is 44.0 Å². The summed E-state index contributed by atoms with van der Waals surface area (Å²) in [7, 11) is 0. The molecule has 0 aliphatic rings. The van der Waals surface area contributed by atoms with E-state index in [9.17, 15) is 0 Å². The Morgan fingerprint density at radius 3 is 2.65 bits per heavy atom. The van der Waals surface area contributed by atoms with Gasteiger partial charge in [-0.3, -0.25) is 4.68 Å². The summed E-state index contributed by atoms with van der Waals surface area (Å²) in [6.07, 6.45) is 4.25. The van der Waals surface area contributed by atoms with Crippen molar-refractivity contribution in [1.82, 2.24) is 9.78 Å². The Kier molecular flexibility index (Phi) is 5.24. The SMILES string of the molecule is CCC(CC)n1ccc(COc2ccc(Br)c(C)c2)n1. The largest absolute Gasteiger partial charge is 0.487 e. The summed E-state index contributed by atoms with van der Waals surface area (Å²) in [5.74, 6) is 0.878. The molecule has 3 nitrogen and oxygen atoms in total. The number of benzene rings is 1. The van der Waals surface area contributed by atoms with Crippen molar-refractivity contribution < 1.29 is 4.74 Å². The van der Waals surface area contributed by atoms with Gasteiger partial charge in [0.1, 0.15) is 12.4 Å². The van der Waals surface area contributed by atoms with Gasteiger partial charge < -0.3 is 4.74 Å². The van der Waals surface area contributed by atoms with E-state index in [-0.39, 0.29) is 0 Å². The molecule has 0 spiro atoms. The molecule has 1 aromatic heterocycles. The first-order valence-electron chi connectivity index (χ1n) is 7.07. The molecule has 0 unspecified atom stereocenters. The Bertz CT molecular complexity index is 561. The van der Waals surface area contributed by atoms with Crippen LogP contribution in [0.4, 0.5) is 0 Å². The third kappa shape index (κ3) is 3.63. The zero-order valence-corrected chi connectivity index (χ0v) is 13.9. The third-order valence-electron chi connectivity index (χ3n) is 3.50. The minimum atomic E-state index is 0.485. The number of halogens is 1. The molecule has 0 bridgehead atoms. The second-order valence-corrected chi connectivity index (χ2v) is 5.81. The number of ether oxygens (including phenoxy) is 1. The van der Waals surface area contributed by atoms with E-state index in [0.717, 1.165) is 28.8 Å². The van der Waals surface area contributed by atoms with Gasteiger partial charge in [-0.25, -0.2) is 0 Å². The average molecular weight is 337 g/mol. The molecule has 0 fully saturated rings. The third-order valence-corrected chi connectivity index (χ3v) is 4.39. The van der Waals surface area contributed by atoms with Gasteiger partial charge in [0.2, 0.25) is 0 Å². The van der Waals surface area contributed by atoms with Crippen LogP contribution in [0.15, 0.2) is 34.9 Å². The van der Waals surface area contributed by atoms with Crippen molar-refractivity contribution in [3.63, 3.8) is 0 Å². The second-order valence-electron chi connectivity index (χ2n) is 4.96. The maximum atomic E-state index is 5.79. The molecule has 0 N–H and O–H groups in total. The zero-order chi connectivity index (χ0) is 14.5. The molecule has 2 aromatic rings. The fourth-order valence-electron chi connectivity index (χ4n) is 2.18. The van der Waals surface area contributed by atoms with E-state index in [2.05, 4.69) is 41.8 Å². The predicted octanol–water partition coefficient (Wildman–Crippen LogP) is 4.89. The summed E-state index contributed by atoms with van der Waals surface area (Å²) >= 11 is 3.49. The van der Waals surface area contributed by atoms with E-state index in [1.807, 2.05) is 35.1 Å². The number of aromatic nitrogens is 2. The lowest BCUT2D eigenvalue weighted by Crippen LogP contribution is -2.08. The Morgan fingerprint density at radius 2 is 2.00 bits per heavy atom. The molecule has 1 heterocycles. The molecule has 20 heavy (non-hydrogen) atoms. The van der Waals surface area contributed by atoms with Crippen LogP contribution in [0, 0.1) is 6.92 Å². The molecule has 0 saturated heterocycles. The van der Waals surface area contributed by atoms with Gasteiger partial charge in [0, 0.05) is 10.7 Å². The molecule has 4 heteroatoms. The summed E-state index contributed by atoms with van der Waals surface area (Å²) in [5.41, 5.74) is 2.14. The molecule has 0 aliphatic heterocycles. The van der Waals surface area contributed by atoms with Crippen molar-refractivity contribution >= 4 is 15.9 Å². The first-order valence-corrected chi connectivity index (χ1v) is 7.86. The predicted molar refractivity (Wildman–Crippen MR) is 85.1 cm³/mol. The molecule has 0 saturated carbocycles. The standard InChI is InChI=1S/C16H21BrN2O/c1-4-14(5-2)19-9-8-13(18-19)11-20-15-6-7-16(17)12(3)10-15/h6-10,14H,4-5,11H2,1-3H3. The van der Waals surface area contributed by atoms with Gasteiger partial charge in [0.15, 0.2) is 0 Å². The Labute approximate surface area is 129 Å². The van der Waals surface area contributed by atoms with Gasteiger partial charge in [-0.15, -0.1) is 0 Å². The number of rotatable bonds is 6. The van der Waals surface area contributed by atoms with E-state index in [4.69, 9.17) is 4.74 Å². The quantitative estimate of drug-likeness (QED) is 0.750. The summed E-state index contributed by atoms with van der Waals surface area (Å²) in [4.78, 5) is 0. The average Bonchev–Trinajstić information content (AvgIpc) is 2.90. The summed E-state index contributed by atoms with van der Waals surface area (Å²) in [6.45, 7) is 6.94. The fraction of sp³-hybridized carbons (Fsp3) is 0.438. The molecular weight excluding hydrogens is 316 g/mol. The number of hydrogen-bond acceptors (Lipinski definition) is 2. The topological polar surface area (TPSA) is 27.1 Å². The van der Waals surface area contributed by atoms with E-state index in [1.165, 1.54) is 5.56 Å². The van der Waals surface area contributed by atoms with Gasteiger partial charge >= 0.3 is 0 Å². The van der Waals surface area contributed by atoms with Crippen molar-refractivity contribution in [3.05, 3.63) is 46.2 Å². The molecule has 0 aliphatic carbocycles. The van der Waals surface area contributed by atoms with Crippen molar-refractivity contribution in [2.75, 3.05) is 0 Å². The van der Waals surface area contributed by atoms with Crippen molar-refractivity contribution in [3.8, 4) is 5.75 Å². The van der Waals surface area contributed by atoms with Crippen LogP contribution < -0.4 is 4.74 Å².